The van der Waals surface area contributed by atoms with Gasteiger partial charge in [-0.3, -0.25) is 4.79 Å². The molecule has 23 heavy (non-hydrogen) atoms. The van der Waals surface area contributed by atoms with E-state index in [2.05, 4.69) is 4.72 Å². The Balaban J connectivity index is 1.90. The number of carboxylic acid groups (broad SMARTS) is 1. The van der Waals surface area contributed by atoms with Crippen LogP contribution in [0.1, 0.15) is 32.1 Å². The third-order valence-electron chi connectivity index (χ3n) is 4.27. The molecule has 1 aromatic rings. The molecule has 126 valence electrons. The summed E-state index contributed by atoms with van der Waals surface area (Å²) in [6, 6.07) is 4.29. The lowest BCUT2D eigenvalue weighted by atomic mass is 9.83. The summed E-state index contributed by atoms with van der Waals surface area (Å²) in [4.78, 5) is 11.6. The molecule has 2 aliphatic rings. The summed E-state index contributed by atoms with van der Waals surface area (Å²) in [6.45, 7) is 0.766. The van der Waals surface area contributed by atoms with Crippen LogP contribution in [0.4, 0.5) is 0 Å². The molecule has 0 aromatic heterocycles. The average Bonchev–Trinajstić information content (AvgIpc) is 2.54. The maximum absolute atomic E-state index is 12.6. The molecule has 0 bridgehead atoms. The molecule has 0 spiro atoms. The molecule has 1 saturated carbocycles. The summed E-state index contributed by atoms with van der Waals surface area (Å²) < 4.78 is 38.4. The number of rotatable bonds is 4. The Hall–Kier alpha value is -1.80. The van der Waals surface area contributed by atoms with E-state index in [1.807, 2.05) is 0 Å². The van der Waals surface area contributed by atoms with Crippen molar-refractivity contribution in [3.05, 3.63) is 18.2 Å². The van der Waals surface area contributed by atoms with Crippen LogP contribution in [0.5, 0.6) is 11.5 Å². The first-order valence-electron chi connectivity index (χ1n) is 7.60. The van der Waals surface area contributed by atoms with Crippen molar-refractivity contribution in [1.82, 2.24) is 4.72 Å². The van der Waals surface area contributed by atoms with Gasteiger partial charge >= 0.3 is 5.97 Å². The molecule has 0 unspecified atom stereocenters. The highest BCUT2D eigenvalue weighted by atomic mass is 32.2. The first-order chi connectivity index (χ1) is 10.9. The number of hydrogen-bond donors (Lipinski definition) is 2. The van der Waals surface area contributed by atoms with Crippen LogP contribution in [0.15, 0.2) is 23.1 Å². The molecule has 0 amide bonds. The van der Waals surface area contributed by atoms with Gasteiger partial charge in [0.25, 0.3) is 0 Å². The van der Waals surface area contributed by atoms with Crippen molar-refractivity contribution in [2.75, 3.05) is 13.2 Å². The van der Waals surface area contributed by atoms with Gasteiger partial charge in [0, 0.05) is 6.07 Å². The monoisotopic (exact) mass is 341 g/mol. The number of fused-ring (bicyclic) bond motifs is 1. The summed E-state index contributed by atoms with van der Waals surface area (Å²) in [7, 11) is -3.96. The van der Waals surface area contributed by atoms with Gasteiger partial charge < -0.3 is 14.6 Å². The van der Waals surface area contributed by atoms with Gasteiger partial charge in [-0.25, -0.2) is 8.42 Å². The Morgan fingerprint density at radius 2 is 1.74 bits per heavy atom. The molecule has 0 atom stereocenters. The second kappa shape index (κ2) is 6.01. The van der Waals surface area contributed by atoms with Gasteiger partial charge in [0.1, 0.15) is 18.8 Å². The molecule has 0 radical (unpaired) electrons. The average molecular weight is 341 g/mol. The van der Waals surface area contributed by atoms with E-state index < -0.39 is 21.5 Å². The zero-order valence-electron chi connectivity index (χ0n) is 12.6. The fraction of sp³-hybridized carbons (Fsp3) is 0.533. The van der Waals surface area contributed by atoms with Crippen molar-refractivity contribution in [2.24, 2.45) is 0 Å². The first kappa shape index (κ1) is 16.1. The Bertz CT molecular complexity index is 709. The van der Waals surface area contributed by atoms with Crippen LogP contribution in [0, 0.1) is 0 Å². The van der Waals surface area contributed by atoms with Gasteiger partial charge in [0.05, 0.1) is 4.90 Å². The van der Waals surface area contributed by atoms with Crippen molar-refractivity contribution in [3.63, 3.8) is 0 Å². The molecule has 3 rings (SSSR count). The predicted molar refractivity (Wildman–Crippen MR) is 81.2 cm³/mol. The zero-order valence-corrected chi connectivity index (χ0v) is 13.4. The fourth-order valence-corrected chi connectivity index (χ4v) is 4.45. The maximum Gasteiger partial charge on any atom is 0.324 e. The standard InChI is InChI=1S/C15H19NO6S/c17-14(18)15(6-2-1-3-7-15)16-23(19,20)11-4-5-12-13(10-11)22-9-8-21-12/h4-5,10,16H,1-3,6-9H2,(H,17,18). The van der Waals surface area contributed by atoms with Crippen LogP contribution in [0.3, 0.4) is 0 Å². The lowest BCUT2D eigenvalue weighted by Crippen LogP contribution is -2.55. The number of benzene rings is 1. The number of ether oxygens (including phenoxy) is 2. The van der Waals surface area contributed by atoms with Gasteiger partial charge in [-0.1, -0.05) is 19.3 Å². The Kier molecular flexibility index (Phi) is 4.20. The highest BCUT2D eigenvalue weighted by Crippen LogP contribution is 2.34. The lowest BCUT2D eigenvalue weighted by Gasteiger charge is -2.33. The summed E-state index contributed by atoms with van der Waals surface area (Å²) in [5, 5.41) is 9.52. The molecular formula is C15H19NO6S. The Morgan fingerprint density at radius 3 is 2.39 bits per heavy atom. The van der Waals surface area contributed by atoms with Gasteiger partial charge in [-0.15, -0.1) is 0 Å². The third kappa shape index (κ3) is 3.13. The topological polar surface area (TPSA) is 102 Å². The number of hydrogen-bond acceptors (Lipinski definition) is 5. The number of nitrogens with one attached hydrogen (secondary N) is 1. The van der Waals surface area contributed by atoms with Crippen LogP contribution in [0.25, 0.3) is 0 Å². The minimum Gasteiger partial charge on any atom is -0.486 e. The fourth-order valence-electron chi connectivity index (χ4n) is 3.02. The SMILES string of the molecule is O=C(O)C1(NS(=O)(=O)c2ccc3c(c2)OCCO3)CCCCC1. The van der Waals surface area contributed by atoms with E-state index in [4.69, 9.17) is 9.47 Å². The molecule has 2 N–H and O–H groups in total. The maximum atomic E-state index is 12.6. The predicted octanol–water partition coefficient (Wildman–Crippen LogP) is 1.52. The quantitative estimate of drug-likeness (QED) is 0.861. The minimum atomic E-state index is -3.96. The van der Waals surface area contributed by atoms with E-state index in [0.717, 1.165) is 6.42 Å². The highest BCUT2D eigenvalue weighted by molar-refractivity contribution is 7.89. The summed E-state index contributed by atoms with van der Waals surface area (Å²) >= 11 is 0. The number of carbonyl (C=O) groups is 1. The Morgan fingerprint density at radius 1 is 1.09 bits per heavy atom. The van der Waals surface area contributed by atoms with Crippen LogP contribution in [-0.2, 0) is 14.8 Å². The zero-order chi connectivity index (χ0) is 16.5. The van der Waals surface area contributed by atoms with Gasteiger partial charge in [0.15, 0.2) is 11.5 Å². The van der Waals surface area contributed by atoms with Crippen LogP contribution < -0.4 is 14.2 Å². The van der Waals surface area contributed by atoms with Gasteiger partial charge in [-0.05, 0) is 25.0 Å². The van der Waals surface area contributed by atoms with Crippen molar-refractivity contribution in [2.45, 2.75) is 42.5 Å². The number of aliphatic carboxylic acids is 1. The molecule has 1 aliphatic carbocycles. The largest absolute Gasteiger partial charge is 0.486 e. The second-order valence-electron chi connectivity index (χ2n) is 5.86. The Labute approximate surface area is 134 Å². The summed E-state index contributed by atoms with van der Waals surface area (Å²) in [5.41, 5.74) is -1.43. The van der Waals surface area contributed by atoms with Crippen molar-refractivity contribution in [1.29, 1.82) is 0 Å². The van der Waals surface area contributed by atoms with Crippen LogP contribution >= 0.6 is 0 Å². The molecule has 7 nitrogen and oxygen atoms in total. The molecular weight excluding hydrogens is 322 g/mol. The molecule has 1 aliphatic heterocycles. The van der Waals surface area contributed by atoms with E-state index in [-0.39, 0.29) is 4.90 Å². The lowest BCUT2D eigenvalue weighted by molar-refractivity contribution is -0.145. The van der Waals surface area contributed by atoms with E-state index >= 15 is 0 Å². The molecule has 8 heteroatoms. The van der Waals surface area contributed by atoms with E-state index in [0.29, 0.717) is 50.4 Å². The van der Waals surface area contributed by atoms with Crippen molar-refractivity contribution in [3.8, 4) is 11.5 Å². The van der Waals surface area contributed by atoms with E-state index in [1.165, 1.54) is 18.2 Å². The van der Waals surface area contributed by atoms with Gasteiger partial charge in [-0.2, -0.15) is 4.72 Å². The molecule has 1 heterocycles. The van der Waals surface area contributed by atoms with Crippen LogP contribution in [-0.4, -0.2) is 38.2 Å². The number of sulfonamides is 1. The minimum absolute atomic E-state index is 0.0204. The van der Waals surface area contributed by atoms with Crippen LogP contribution in [0.2, 0.25) is 0 Å². The molecule has 0 saturated heterocycles. The summed E-state index contributed by atoms with van der Waals surface area (Å²) in [5.74, 6) is -0.286. The highest BCUT2D eigenvalue weighted by Gasteiger charge is 2.43. The normalized spacial score (nSPS) is 20.0. The second-order valence-corrected chi connectivity index (χ2v) is 7.54. The van der Waals surface area contributed by atoms with Crippen molar-refractivity contribution >= 4 is 16.0 Å². The van der Waals surface area contributed by atoms with E-state index in [9.17, 15) is 18.3 Å². The first-order valence-corrected chi connectivity index (χ1v) is 9.08. The molecule has 1 aromatic carbocycles. The molecule has 1 fully saturated rings. The van der Waals surface area contributed by atoms with Crippen molar-refractivity contribution < 1.29 is 27.8 Å². The number of carboxylic acids is 1. The smallest absolute Gasteiger partial charge is 0.324 e. The van der Waals surface area contributed by atoms with Gasteiger partial charge in [0.2, 0.25) is 10.0 Å². The summed E-state index contributed by atoms with van der Waals surface area (Å²) in [6.07, 6.45) is 2.89. The third-order valence-corrected chi connectivity index (χ3v) is 5.80. The van der Waals surface area contributed by atoms with E-state index in [1.54, 1.807) is 0 Å².